The van der Waals surface area contributed by atoms with Crippen molar-refractivity contribution >= 4 is 45.8 Å². The van der Waals surface area contributed by atoms with E-state index in [1.54, 1.807) is 0 Å². The van der Waals surface area contributed by atoms with Crippen molar-refractivity contribution in [1.29, 1.82) is 0 Å². The number of hydrogen-bond donors (Lipinski definition) is 1. The number of aromatic amines is 1. The molecule has 3 aromatic rings. The van der Waals surface area contributed by atoms with Gasteiger partial charge in [0.1, 0.15) is 0 Å². The zero-order valence-electron chi connectivity index (χ0n) is 27.8. The van der Waals surface area contributed by atoms with Crippen molar-refractivity contribution in [3.63, 3.8) is 0 Å². The van der Waals surface area contributed by atoms with Gasteiger partial charge in [-0.3, -0.25) is 19.5 Å². The molecule has 5 fully saturated rings. The van der Waals surface area contributed by atoms with E-state index >= 15 is 0 Å². The molecule has 1 spiro atoms. The summed E-state index contributed by atoms with van der Waals surface area (Å²) in [6.45, 7) is 20.4. The number of fused-ring (bicyclic) bond motifs is 2. The highest BCUT2D eigenvalue weighted by atomic mass is 35.5. The number of anilines is 1. The topological polar surface area (TPSA) is 85.8 Å². The monoisotopic (exact) mass is 680 g/mol. The van der Waals surface area contributed by atoms with E-state index in [4.69, 9.17) is 33.0 Å². The van der Waals surface area contributed by atoms with Gasteiger partial charge < -0.3 is 19.4 Å². The normalized spacial score (nSPS) is 26.3. The maximum atomic E-state index is 12.1. The number of benzene rings is 1. The number of H-pyrrole nitrogens is 1. The first-order valence-corrected chi connectivity index (χ1v) is 17.9. The number of ether oxygens (including phenoxy) is 1. The van der Waals surface area contributed by atoms with Gasteiger partial charge in [-0.1, -0.05) is 29.8 Å². The first kappa shape index (κ1) is 31.6. The van der Waals surface area contributed by atoms with E-state index in [0.29, 0.717) is 22.0 Å². The van der Waals surface area contributed by atoms with Crippen LogP contribution in [0.15, 0.2) is 24.9 Å². The molecule has 2 atom stereocenters. The number of hydrogen-bond acceptors (Lipinski definition) is 7. The van der Waals surface area contributed by atoms with Crippen LogP contribution in [0.25, 0.3) is 22.0 Å². The molecule has 252 valence electrons. The second kappa shape index (κ2) is 11.8. The van der Waals surface area contributed by atoms with Gasteiger partial charge in [-0.05, 0) is 64.5 Å². The van der Waals surface area contributed by atoms with Crippen molar-refractivity contribution < 1.29 is 9.53 Å². The van der Waals surface area contributed by atoms with E-state index in [0.717, 1.165) is 125 Å². The summed E-state index contributed by atoms with van der Waals surface area (Å²) in [4.78, 5) is 21.9. The SMILES string of the molecule is C=CC(=O)N1CC2(CC(n3nc(N4CC[C@@H](CN5CCN6CCOC[C@H]6C5)CC4(C)C)c(-c4c(Cl)c(Cl)cc5[nH]ncc45)c3C)C2)C1. The fourth-order valence-corrected chi connectivity index (χ4v) is 9.92. The third-order valence-corrected chi connectivity index (χ3v) is 12.6. The Bertz CT molecular complexity index is 1700. The maximum Gasteiger partial charge on any atom is 0.245 e. The third kappa shape index (κ3) is 5.39. The first-order chi connectivity index (χ1) is 22.6. The molecule has 1 aliphatic carbocycles. The average molecular weight is 682 g/mol. The van der Waals surface area contributed by atoms with Gasteiger partial charge in [0, 0.05) is 91.6 Å². The van der Waals surface area contributed by atoms with E-state index in [-0.39, 0.29) is 22.9 Å². The van der Waals surface area contributed by atoms with Gasteiger partial charge in [-0.25, -0.2) is 0 Å². The Balaban J connectivity index is 1.09. The van der Waals surface area contributed by atoms with Gasteiger partial charge in [-0.15, -0.1) is 0 Å². The first-order valence-electron chi connectivity index (χ1n) is 17.2. The van der Waals surface area contributed by atoms with Crippen LogP contribution in [0.4, 0.5) is 5.82 Å². The van der Waals surface area contributed by atoms with Crippen LogP contribution in [0.2, 0.25) is 10.0 Å². The smallest absolute Gasteiger partial charge is 0.245 e. The Morgan fingerprint density at radius 1 is 1.13 bits per heavy atom. The molecule has 1 aromatic carbocycles. The van der Waals surface area contributed by atoms with Crippen molar-refractivity contribution in [2.75, 3.05) is 70.5 Å². The van der Waals surface area contributed by atoms with Crippen LogP contribution in [-0.4, -0.2) is 118 Å². The largest absolute Gasteiger partial charge is 0.378 e. The molecule has 5 aliphatic rings. The predicted molar refractivity (Wildman–Crippen MR) is 186 cm³/mol. The molecule has 0 radical (unpaired) electrons. The van der Waals surface area contributed by atoms with Gasteiger partial charge in [0.25, 0.3) is 0 Å². The molecule has 0 bridgehead atoms. The molecule has 12 heteroatoms. The highest BCUT2D eigenvalue weighted by Crippen LogP contribution is 2.56. The van der Waals surface area contributed by atoms with Gasteiger partial charge >= 0.3 is 0 Å². The zero-order valence-corrected chi connectivity index (χ0v) is 29.3. The molecule has 2 aromatic heterocycles. The molecular weight excluding hydrogens is 635 g/mol. The number of aromatic nitrogens is 4. The number of likely N-dealkylation sites (tertiary alicyclic amines) is 1. The molecule has 1 saturated carbocycles. The Morgan fingerprint density at radius 3 is 2.70 bits per heavy atom. The van der Waals surface area contributed by atoms with E-state index in [1.807, 2.05) is 17.2 Å². The molecule has 1 amide bonds. The van der Waals surface area contributed by atoms with Gasteiger partial charge in [0.2, 0.25) is 5.91 Å². The minimum absolute atomic E-state index is 0.0227. The van der Waals surface area contributed by atoms with Crippen LogP contribution < -0.4 is 4.90 Å². The van der Waals surface area contributed by atoms with E-state index in [9.17, 15) is 4.79 Å². The van der Waals surface area contributed by atoms with Crippen LogP contribution in [0.1, 0.15) is 51.3 Å². The molecule has 4 saturated heterocycles. The van der Waals surface area contributed by atoms with E-state index < -0.39 is 0 Å². The maximum absolute atomic E-state index is 12.1. The molecule has 0 unspecified atom stereocenters. The lowest BCUT2D eigenvalue weighted by molar-refractivity contribution is -0.149. The fourth-order valence-electron chi connectivity index (χ4n) is 9.46. The molecular formula is C35H46Cl2N8O2. The number of morpholine rings is 1. The summed E-state index contributed by atoms with van der Waals surface area (Å²) in [5.41, 5.74) is 3.96. The van der Waals surface area contributed by atoms with Gasteiger partial charge in [0.05, 0.1) is 41.0 Å². The number of carbonyl (C=O) groups excluding carboxylic acids is 1. The van der Waals surface area contributed by atoms with Crippen LogP contribution in [0.3, 0.4) is 0 Å². The van der Waals surface area contributed by atoms with E-state index in [2.05, 4.69) is 56.9 Å². The minimum atomic E-state index is -0.111. The summed E-state index contributed by atoms with van der Waals surface area (Å²) in [6.07, 6.45) is 7.47. The Labute approximate surface area is 287 Å². The average Bonchev–Trinajstić information content (AvgIpc) is 3.60. The third-order valence-electron chi connectivity index (χ3n) is 11.8. The number of amides is 1. The lowest BCUT2D eigenvalue weighted by Crippen LogP contribution is -2.63. The summed E-state index contributed by atoms with van der Waals surface area (Å²) in [5, 5.41) is 14.9. The predicted octanol–water partition coefficient (Wildman–Crippen LogP) is 5.40. The Hall–Kier alpha value is -2.63. The minimum Gasteiger partial charge on any atom is -0.378 e. The number of piperidine rings is 1. The van der Waals surface area contributed by atoms with Crippen molar-refractivity contribution in [1.82, 2.24) is 34.7 Å². The highest BCUT2D eigenvalue weighted by Gasteiger charge is 2.55. The molecule has 47 heavy (non-hydrogen) atoms. The van der Waals surface area contributed by atoms with Crippen molar-refractivity contribution in [3.05, 3.63) is 40.7 Å². The lowest BCUT2D eigenvalue weighted by Gasteiger charge is -2.58. The number of nitrogens with one attached hydrogen (secondary N) is 1. The van der Waals surface area contributed by atoms with Gasteiger partial charge in [0.15, 0.2) is 5.82 Å². The second-order valence-corrected chi connectivity index (χ2v) is 16.2. The Kier molecular flexibility index (Phi) is 7.91. The number of nitrogens with zero attached hydrogens (tertiary/aromatic N) is 7. The standard InChI is InChI=1S/C35H46Cl2N8O2/c1-5-29(46)43-20-35(21-43)14-24(15-35)45-22(2)30(31-26-16-38-39-28(26)12-27(36)32(31)37)33(40-45)44-7-6-23(13-34(44,3)4)17-41-8-9-42-10-11-47-19-25(42)18-41/h5,12,16,23-25H,1,6-11,13-15,17-21H2,2-4H3,(H,38,39)/t23-,25-/m1/s1. The summed E-state index contributed by atoms with van der Waals surface area (Å²) < 4.78 is 8.05. The molecule has 6 heterocycles. The molecule has 1 N–H and O–H groups in total. The second-order valence-electron chi connectivity index (χ2n) is 15.4. The van der Waals surface area contributed by atoms with Crippen molar-refractivity contribution in [3.8, 4) is 11.1 Å². The number of piperazine rings is 1. The summed E-state index contributed by atoms with van der Waals surface area (Å²) >= 11 is 13.8. The van der Waals surface area contributed by atoms with Gasteiger partial charge in [-0.2, -0.15) is 10.2 Å². The summed E-state index contributed by atoms with van der Waals surface area (Å²) in [6, 6.07) is 2.65. The lowest BCUT2D eigenvalue weighted by atomic mass is 9.60. The number of rotatable bonds is 6. The Morgan fingerprint density at radius 2 is 1.94 bits per heavy atom. The van der Waals surface area contributed by atoms with Crippen LogP contribution >= 0.6 is 23.2 Å². The number of carbonyl (C=O) groups is 1. The van der Waals surface area contributed by atoms with Crippen molar-refractivity contribution in [2.45, 2.75) is 64.1 Å². The fraction of sp³-hybridized carbons (Fsp3) is 0.629. The van der Waals surface area contributed by atoms with E-state index in [1.165, 1.54) is 6.08 Å². The highest BCUT2D eigenvalue weighted by molar-refractivity contribution is 6.45. The quantitative estimate of drug-likeness (QED) is 0.349. The zero-order chi connectivity index (χ0) is 32.7. The molecule has 10 nitrogen and oxygen atoms in total. The summed E-state index contributed by atoms with van der Waals surface area (Å²) in [5.74, 6) is 1.61. The van der Waals surface area contributed by atoms with Crippen LogP contribution in [0, 0.1) is 18.3 Å². The number of halogens is 2. The summed E-state index contributed by atoms with van der Waals surface area (Å²) in [7, 11) is 0. The van der Waals surface area contributed by atoms with Crippen molar-refractivity contribution in [2.24, 2.45) is 11.3 Å². The van der Waals surface area contributed by atoms with Crippen LogP contribution in [-0.2, 0) is 9.53 Å². The van der Waals surface area contributed by atoms with Crippen LogP contribution in [0.5, 0.6) is 0 Å². The molecule has 4 aliphatic heterocycles. The molecule has 8 rings (SSSR count).